The zero-order valence-electron chi connectivity index (χ0n) is 15.3. The fourth-order valence-electron chi connectivity index (χ4n) is 3.67. The summed E-state index contributed by atoms with van der Waals surface area (Å²) in [6.45, 7) is 9.14. The van der Waals surface area contributed by atoms with E-state index in [4.69, 9.17) is 0 Å². The van der Waals surface area contributed by atoms with Crippen LogP contribution in [0.15, 0.2) is 24.3 Å². The van der Waals surface area contributed by atoms with Crippen LogP contribution in [0.3, 0.4) is 0 Å². The molecule has 0 aliphatic heterocycles. The van der Waals surface area contributed by atoms with E-state index in [2.05, 4.69) is 35.6 Å². The topological polar surface area (TPSA) is 50.1 Å². The second-order valence-corrected chi connectivity index (χ2v) is 6.77. The molecule has 1 atom stereocenters. The Kier molecular flexibility index (Phi) is 4.95. The van der Waals surface area contributed by atoms with E-state index in [1.807, 2.05) is 13.0 Å². The molecule has 0 aliphatic carbocycles. The van der Waals surface area contributed by atoms with Crippen LogP contribution in [0.1, 0.15) is 45.3 Å². The van der Waals surface area contributed by atoms with Gasteiger partial charge in [-0.15, -0.1) is 0 Å². The molecule has 3 aromatic rings. The van der Waals surface area contributed by atoms with Crippen molar-refractivity contribution in [3.8, 4) is 5.75 Å². The summed E-state index contributed by atoms with van der Waals surface area (Å²) in [6, 6.07) is 7.37. The molecule has 2 aromatic heterocycles. The molecular formula is C20H26FN3O. The van der Waals surface area contributed by atoms with Gasteiger partial charge >= 0.3 is 0 Å². The number of hydrogen-bond acceptors (Lipinski definition) is 3. The molecule has 0 bridgehead atoms. The Morgan fingerprint density at radius 2 is 1.92 bits per heavy atom. The third-order valence-corrected chi connectivity index (χ3v) is 5.04. The quantitative estimate of drug-likeness (QED) is 0.639. The van der Waals surface area contributed by atoms with Crippen LogP contribution >= 0.6 is 0 Å². The van der Waals surface area contributed by atoms with Gasteiger partial charge in [-0.05, 0) is 38.8 Å². The second kappa shape index (κ2) is 7.00. The van der Waals surface area contributed by atoms with Gasteiger partial charge in [0.1, 0.15) is 5.75 Å². The van der Waals surface area contributed by atoms with Crippen molar-refractivity contribution < 1.29 is 9.50 Å². The number of aryl methyl sites for hydroxylation is 1. The summed E-state index contributed by atoms with van der Waals surface area (Å²) < 4.78 is 16.0. The number of fused-ring (bicyclic) bond motifs is 3. The average Bonchev–Trinajstić information content (AvgIpc) is 2.89. The van der Waals surface area contributed by atoms with Crippen LogP contribution in [-0.2, 0) is 0 Å². The molecule has 4 nitrogen and oxygen atoms in total. The Balaban J connectivity index is 2.15. The number of nitrogens with zero attached hydrogens (tertiary/aromatic N) is 2. The molecule has 134 valence electrons. The van der Waals surface area contributed by atoms with Crippen LogP contribution in [0.2, 0.25) is 0 Å². The molecule has 3 rings (SSSR count). The Labute approximate surface area is 147 Å². The van der Waals surface area contributed by atoms with Gasteiger partial charge in [0.2, 0.25) is 5.95 Å². The van der Waals surface area contributed by atoms with E-state index in [0.29, 0.717) is 11.7 Å². The molecule has 1 unspecified atom stereocenters. The first-order valence-electron chi connectivity index (χ1n) is 8.99. The summed E-state index contributed by atoms with van der Waals surface area (Å²) in [5.74, 6) is -0.261. The molecule has 0 amide bonds. The smallest absolute Gasteiger partial charge is 0.213 e. The molecule has 5 heteroatoms. The lowest BCUT2D eigenvalue weighted by Gasteiger charge is -2.22. The fourth-order valence-corrected chi connectivity index (χ4v) is 3.67. The average molecular weight is 343 g/mol. The van der Waals surface area contributed by atoms with Crippen molar-refractivity contribution in [3.63, 3.8) is 0 Å². The number of phenolic OH excluding ortho intramolecular Hbond substituents is 1. The maximum absolute atomic E-state index is 13.9. The van der Waals surface area contributed by atoms with Gasteiger partial charge in [-0.2, -0.15) is 4.39 Å². The lowest BCUT2D eigenvalue weighted by atomic mass is 10.1. The molecule has 0 spiro atoms. The normalized spacial score (nSPS) is 13.2. The van der Waals surface area contributed by atoms with E-state index in [9.17, 15) is 9.50 Å². The van der Waals surface area contributed by atoms with Crippen molar-refractivity contribution in [2.45, 2.75) is 52.6 Å². The first-order chi connectivity index (χ1) is 12.0. The van der Waals surface area contributed by atoms with E-state index < -0.39 is 5.95 Å². The van der Waals surface area contributed by atoms with Crippen molar-refractivity contribution >= 4 is 21.8 Å². The van der Waals surface area contributed by atoms with E-state index in [0.717, 1.165) is 41.2 Å². The molecule has 1 aromatic carbocycles. The minimum Gasteiger partial charge on any atom is -0.508 e. The van der Waals surface area contributed by atoms with E-state index >= 15 is 0 Å². The number of halogens is 1. The molecule has 0 aliphatic rings. The van der Waals surface area contributed by atoms with Gasteiger partial charge in [0.05, 0.1) is 16.7 Å². The summed E-state index contributed by atoms with van der Waals surface area (Å²) in [5.41, 5.74) is 2.50. The number of phenols is 1. The highest BCUT2D eigenvalue weighted by molar-refractivity contribution is 6.09. The summed E-state index contributed by atoms with van der Waals surface area (Å²) in [4.78, 5) is 4.02. The maximum atomic E-state index is 13.9. The molecular weight excluding hydrogens is 317 g/mol. The number of benzene rings is 1. The number of aromatic nitrogens is 2. The predicted molar refractivity (Wildman–Crippen MR) is 101 cm³/mol. The van der Waals surface area contributed by atoms with Gasteiger partial charge in [0.25, 0.3) is 0 Å². The molecule has 0 saturated heterocycles. The van der Waals surface area contributed by atoms with Gasteiger partial charge in [-0.1, -0.05) is 13.8 Å². The molecule has 2 N–H and O–H groups in total. The lowest BCUT2D eigenvalue weighted by Crippen LogP contribution is -2.32. The monoisotopic (exact) mass is 343 g/mol. The third kappa shape index (κ3) is 3.21. The summed E-state index contributed by atoms with van der Waals surface area (Å²) in [5, 5.41) is 15.3. The standard InChI is InChI=1S/C20H26FN3O/c1-5-14(6-2)22-11-12(3)24-18-9-15(25)7-8-16(18)17-10-19(21)23-13(4)20(17)24/h7-10,12,14,22,25H,5-6,11H2,1-4H3. The number of pyridine rings is 1. The van der Waals surface area contributed by atoms with Crippen molar-refractivity contribution in [2.24, 2.45) is 0 Å². The lowest BCUT2D eigenvalue weighted by molar-refractivity contribution is 0.430. The number of rotatable bonds is 6. The van der Waals surface area contributed by atoms with Crippen LogP contribution < -0.4 is 5.32 Å². The van der Waals surface area contributed by atoms with Gasteiger partial charge in [0, 0.05) is 41.5 Å². The van der Waals surface area contributed by atoms with Crippen molar-refractivity contribution in [3.05, 3.63) is 35.9 Å². The number of aromatic hydroxyl groups is 1. The largest absolute Gasteiger partial charge is 0.508 e. The highest BCUT2D eigenvalue weighted by Crippen LogP contribution is 2.35. The maximum Gasteiger partial charge on any atom is 0.213 e. The highest BCUT2D eigenvalue weighted by atomic mass is 19.1. The Morgan fingerprint density at radius 1 is 1.20 bits per heavy atom. The molecule has 25 heavy (non-hydrogen) atoms. The molecule has 0 fully saturated rings. The third-order valence-electron chi connectivity index (χ3n) is 5.04. The van der Waals surface area contributed by atoms with Gasteiger partial charge in [-0.25, -0.2) is 4.98 Å². The van der Waals surface area contributed by atoms with E-state index in [1.165, 1.54) is 6.07 Å². The van der Waals surface area contributed by atoms with Gasteiger partial charge in [0.15, 0.2) is 0 Å². The summed E-state index contributed by atoms with van der Waals surface area (Å²) in [6.07, 6.45) is 2.17. The van der Waals surface area contributed by atoms with Crippen molar-refractivity contribution in [2.75, 3.05) is 6.54 Å². The first kappa shape index (κ1) is 17.7. The summed E-state index contributed by atoms with van der Waals surface area (Å²) >= 11 is 0. The van der Waals surface area contributed by atoms with Crippen molar-refractivity contribution in [1.82, 2.24) is 14.9 Å². The van der Waals surface area contributed by atoms with Gasteiger partial charge in [-0.3, -0.25) is 0 Å². The van der Waals surface area contributed by atoms with Gasteiger partial charge < -0.3 is 15.0 Å². The SMILES string of the molecule is CCC(CC)NCC(C)n1c2cc(O)ccc2c2cc(F)nc(C)c21. The molecule has 0 saturated carbocycles. The highest BCUT2D eigenvalue weighted by Gasteiger charge is 2.19. The zero-order valence-corrected chi connectivity index (χ0v) is 15.3. The van der Waals surface area contributed by atoms with Crippen molar-refractivity contribution in [1.29, 1.82) is 0 Å². The molecule has 0 radical (unpaired) electrons. The molecule has 2 heterocycles. The Hall–Kier alpha value is -2.14. The van der Waals surface area contributed by atoms with Crippen LogP contribution in [0, 0.1) is 12.9 Å². The first-order valence-corrected chi connectivity index (χ1v) is 8.99. The zero-order chi connectivity index (χ0) is 18.1. The Bertz CT molecular complexity index is 899. The van der Waals surface area contributed by atoms with Crippen LogP contribution in [-0.4, -0.2) is 27.2 Å². The number of hydrogen-bond donors (Lipinski definition) is 2. The van der Waals surface area contributed by atoms with Crippen LogP contribution in [0.5, 0.6) is 5.75 Å². The minimum atomic E-state index is -0.472. The van der Waals surface area contributed by atoms with E-state index in [1.54, 1.807) is 12.1 Å². The van der Waals surface area contributed by atoms with E-state index in [-0.39, 0.29) is 11.8 Å². The van der Waals surface area contributed by atoms with Crippen LogP contribution in [0.4, 0.5) is 4.39 Å². The summed E-state index contributed by atoms with van der Waals surface area (Å²) in [7, 11) is 0. The Morgan fingerprint density at radius 3 is 2.60 bits per heavy atom. The number of nitrogens with one attached hydrogen (secondary N) is 1. The predicted octanol–water partition coefficient (Wildman–Crippen LogP) is 4.68. The van der Waals surface area contributed by atoms with Crippen LogP contribution in [0.25, 0.3) is 21.8 Å². The minimum absolute atomic E-state index is 0.147. The second-order valence-electron chi connectivity index (χ2n) is 6.77. The fraction of sp³-hybridized carbons (Fsp3) is 0.450.